The van der Waals surface area contributed by atoms with Gasteiger partial charge in [0.05, 0.1) is 5.75 Å². The summed E-state index contributed by atoms with van der Waals surface area (Å²) in [5.74, 6) is -1.29. The maximum Gasteiger partial charge on any atom is 0.327 e. The Labute approximate surface area is 105 Å². The molecule has 7 heteroatoms. The van der Waals surface area contributed by atoms with E-state index in [4.69, 9.17) is 5.11 Å². The molecule has 0 rings (SSSR count). The van der Waals surface area contributed by atoms with E-state index in [-0.39, 0.29) is 23.5 Å². The number of aliphatic carboxylic acids is 1. The fourth-order valence-electron chi connectivity index (χ4n) is 1.05. The summed E-state index contributed by atoms with van der Waals surface area (Å²) in [6.45, 7) is 4.95. The Kier molecular flexibility index (Phi) is 7.36. The first-order chi connectivity index (χ1) is 7.82. The van der Waals surface area contributed by atoms with Gasteiger partial charge in [-0.15, -0.1) is 11.8 Å². The number of thioether (sulfide) groups is 1. The first-order valence-corrected chi connectivity index (χ1v) is 6.35. The molecular weight excluding hydrogens is 244 g/mol. The lowest BCUT2D eigenvalue weighted by Crippen LogP contribution is -2.42. The number of amides is 2. The van der Waals surface area contributed by atoms with Gasteiger partial charge in [-0.05, 0) is 13.8 Å². The fraction of sp³-hybridized carbons (Fsp3) is 0.700. The van der Waals surface area contributed by atoms with Crippen molar-refractivity contribution in [2.45, 2.75) is 32.9 Å². The summed E-state index contributed by atoms with van der Waals surface area (Å²) in [5, 5.41) is 13.8. The highest BCUT2D eigenvalue weighted by Gasteiger charge is 2.18. The normalized spacial score (nSPS) is 12.0. The molecule has 0 bridgehead atoms. The molecule has 0 aromatic carbocycles. The van der Waals surface area contributed by atoms with Crippen molar-refractivity contribution in [1.82, 2.24) is 10.6 Å². The predicted octanol–water partition coefficient (Wildman–Crippen LogP) is -0.166. The third kappa shape index (κ3) is 8.56. The third-order valence-electron chi connectivity index (χ3n) is 1.64. The van der Waals surface area contributed by atoms with Crippen molar-refractivity contribution in [2.24, 2.45) is 0 Å². The van der Waals surface area contributed by atoms with Gasteiger partial charge in [0.25, 0.3) is 0 Å². The SMILES string of the molecule is CC(=O)NC(CSCC(=O)NC(C)C)C(=O)O. The van der Waals surface area contributed by atoms with E-state index in [9.17, 15) is 14.4 Å². The molecule has 17 heavy (non-hydrogen) atoms. The van der Waals surface area contributed by atoms with Gasteiger partial charge < -0.3 is 15.7 Å². The van der Waals surface area contributed by atoms with Gasteiger partial charge in [0, 0.05) is 18.7 Å². The minimum atomic E-state index is -1.10. The summed E-state index contributed by atoms with van der Waals surface area (Å²) in [7, 11) is 0. The molecule has 6 nitrogen and oxygen atoms in total. The quantitative estimate of drug-likeness (QED) is 0.592. The van der Waals surface area contributed by atoms with Gasteiger partial charge in [0.2, 0.25) is 11.8 Å². The second kappa shape index (κ2) is 7.94. The summed E-state index contributed by atoms with van der Waals surface area (Å²) < 4.78 is 0. The molecule has 0 radical (unpaired) electrons. The van der Waals surface area contributed by atoms with E-state index in [1.807, 2.05) is 13.8 Å². The summed E-state index contributed by atoms with van der Waals surface area (Å²) in [6, 6.07) is -0.891. The average Bonchev–Trinajstić information content (AvgIpc) is 2.13. The third-order valence-corrected chi connectivity index (χ3v) is 2.68. The molecule has 0 aromatic heterocycles. The van der Waals surface area contributed by atoms with Crippen molar-refractivity contribution in [3.8, 4) is 0 Å². The van der Waals surface area contributed by atoms with Crippen molar-refractivity contribution in [3.05, 3.63) is 0 Å². The van der Waals surface area contributed by atoms with Crippen LogP contribution in [0, 0.1) is 0 Å². The highest BCUT2D eigenvalue weighted by atomic mass is 32.2. The molecular formula is C10H18N2O4S. The molecule has 1 atom stereocenters. The smallest absolute Gasteiger partial charge is 0.327 e. The largest absolute Gasteiger partial charge is 0.480 e. The lowest BCUT2D eigenvalue weighted by Gasteiger charge is -2.13. The zero-order valence-corrected chi connectivity index (χ0v) is 11.0. The van der Waals surface area contributed by atoms with Crippen LogP contribution in [0.5, 0.6) is 0 Å². The first kappa shape index (κ1) is 15.8. The van der Waals surface area contributed by atoms with Crippen molar-refractivity contribution in [3.63, 3.8) is 0 Å². The number of carbonyl (C=O) groups excluding carboxylic acids is 2. The zero-order chi connectivity index (χ0) is 13.4. The van der Waals surface area contributed by atoms with Crippen LogP contribution in [0.2, 0.25) is 0 Å². The van der Waals surface area contributed by atoms with Gasteiger partial charge in [-0.25, -0.2) is 4.79 Å². The highest BCUT2D eigenvalue weighted by molar-refractivity contribution is 8.00. The number of hydrogen-bond donors (Lipinski definition) is 3. The van der Waals surface area contributed by atoms with E-state index in [0.29, 0.717) is 0 Å². The van der Waals surface area contributed by atoms with Crippen LogP contribution in [0.25, 0.3) is 0 Å². The highest BCUT2D eigenvalue weighted by Crippen LogP contribution is 2.03. The number of carboxylic acid groups (broad SMARTS) is 1. The summed E-state index contributed by atoms with van der Waals surface area (Å²) in [4.78, 5) is 32.8. The van der Waals surface area contributed by atoms with Crippen LogP contribution in [0.1, 0.15) is 20.8 Å². The average molecular weight is 262 g/mol. The van der Waals surface area contributed by atoms with Crippen molar-refractivity contribution >= 4 is 29.5 Å². The van der Waals surface area contributed by atoms with E-state index in [2.05, 4.69) is 10.6 Å². The van der Waals surface area contributed by atoms with Crippen molar-refractivity contribution in [2.75, 3.05) is 11.5 Å². The molecule has 0 spiro atoms. The van der Waals surface area contributed by atoms with Gasteiger partial charge in [-0.2, -0.15) is 0 Å². The second-order valence-electron chi connectivity index (χ2n) is 3.83. The maximum atomic E-state index is 11.3. The fourth-order valence-corrected chi connectivity index (χ4v) is 1.90. The number of hydrogen-bond acceptors (Lipinski definition) is 4. The van der Waals surface area contributed by atoms with Crippen LogP contribution in [-0.2, 0) is 14.4 Å². The monoisotopic (exact) mass is 262 g/mol. The molecule has 0 saturated carbocycles. The summed E-state index contributed by atoms with van der Waals surface area (Å²) in [5.41, 5.74) is 0. The van der Waals surface area contributed by atoms with Gasteiger partial charge in [-0.3, -0.25) is 9.59 Å². The predicted molar refractivity (Wildman–Crippen MR) is 65.8 cm³/mol. The van der Waals surface area contributed by atoms with Crippen LogP contribution in [0.3, 0.4) is 0 Å². The molecule has 2 amide bonds. The van der Waals surface area contributed by atoms with Crippen LogP contribution in [-0.4, -0.2) is 46.5 Å². The number of rotatable bonds is 7. The van der Waals surface area contributed by atoms with Gasteiger partial charge >= 0.3 is 5.97 Å². The summed E-state index contributed by atoms with van der Waals surface area (Å²) in [6.07, 6.45) is 0. The summed E-state index contributed by atoms with van der Waals surface area (Å²) >= 11 is 1.17. The van der Waals surface area contributed by atoms with Crippen molar-refractivity contribution < 1.29 is 19.5 Å². The molecule has 98 valence electrons. The van der Waals surface area contributed by atoms with Crippen LogP contribution >= 0.6 is 11.8 Å². The Morgan fingerprint density at radius 1 is 1.24 bits per heavy atom. The molecule has 0 aromatic rings. The molecule has 0 aliphatic carbocycles. The standard InChI is InChI=1S/C10H18N2O4S/c1-6(2)11-9(14)5-17-4-8(10(15)16)12-7(3)13/h6,8H,4-5H2,1-3H3,(H,11,14)(H,12,13)(H,15,16). The molecule has 0 fully saturated rings. The lowest BCUT2D eigenvalue weighted by atomic mass is 10.3. The van der Waals surface area contributed by atoms with Crippen LogP contribution < -0.4 is 10.6 Å². The van der Waals surface area contributed by atoms with E-state index >= 15 is 0 Å². The number of carbonyl (C=O) groups is 3. The molecule has 3 N–H and O–H groups in total. The number of nitrogens with one attached hydrogen (secondary N) is 2. The van der Waals surface area contributed by atoms with Crippen LogP contribution in [0.4, 0.5) is 0 Å². The lowest BCUT2D eigenvalue weighted by molar-refractivity contribution is -0.140. The van der Waals surface area contributed by atoms with Crippen molar-refractivity contribution in [1.29, 1.82) is 0 Å². The Morgan fingerprint density at radius 3 is 2.24 bits per heavy atom. The zero-order valence-electron chi connectivity index (χ0n) is 10.1. The van der Waals surface area contributed by atoms with E-state index in [1.54, 1.807) is 0 Å². The first-order valence-electron chi connectivity index (χ1n) is 5.20. The van der Waals surface area contributed by atoms with Gasteiger partial charge in [0.1, 0.15) is 6.04 Å². The number of carboxylic acids is 1. The molecule has 0 saturated heterocycles. The van der Waals surface area contributed by atoms with Crippen LogP contribution in [0.15, 0.2) is 0 Å². The Hall–Kier alpha value is -1.24. The van der Waals surface area contributed by atoms with E-state index < -0.39 is 17.9 Å². The Balaban J connectivity index is 3.94. The molecule has 0 aliphatic rings. The minimum Gasteiger partial charge on any atom is -0.480 e. The Morgan fingerprint density at radius 2 is 1.82 bits per heavy atom. The second-order valence-corrected chi connectivity index (χ2v) is 4.86. The van der Waals surface area contributed by atoms with Gasteiger partial charge in [0.15, 0.2) is 0 Å². The van der Waals surface area contributed by atoms with E-state index in [1.165, 1.54) is 18.7 Å². The van der Waals surface area contributed by atoms with E-state index in [0.717, 1.165) is 0 Å². The minimum absolute atomic E-state index is 0.0636. The maximum absolute atomic E-state index is 11.3. The molecule has 0 heterocycles. The Bertz CT molecular complexity index is 294. The topological polar surface area (TPSA) is 95.5 Å². The van der Waals surface area contributed by atoms with Gasteiger partial charge in [-0.1, -0.05) is 0 Å². The molecule has 0 aliphatic heterocycles. The molecule has 1 unspecified atom stereocenters.